The number of urea groups is 1. The monoisotopic (exact) mass is 252 g/mol. The summed E-state index contributed by atoms with van der Waals surface area (Å²) < 4.78 is 0. The van der Waals surface area contributed by atoms with Gasteiger partial charge in [-0.3, -0.25) is 10.1 Å². The highest BCUT2D eigenvalue weighted by atomic mass is 16.2. The maximum atomic E-state index is 12.1. The minimum absolute atomic E-state index is 0.0594. The van der Waals surface area contributed by atoms with Crippen LogP contribution in [-0.4, -0.2) is 28.9 Å². The van der Waals surface area contributed by atoms with Crippen LogP contribution < -0.4 is 5.32 Å². The standard InChI is InChI=1S/C14H24N2O2/c1-3-7-11(2)10-16-13(18)15-12(17)14(16)8-5-4-6-9-14/h11H,3-10H2,1-2H3,(H,15,17,18). The van der Waals surface area contributed by atoms with Gasteiger partial charge in [-0.1, -0.05) is 39.5 Å². The molecule has 1 saturated heterocycles. The van der Waals surface area contributed by atoms with Crippen molar-refractivity contribution in [2.45, 2.75) is 64.3 Å². The van der Waals surface area contributed by atoms with Crippen LogP contribution in [0.15, 0.2) is 0 Å². The summed E-state index contributed by atoms with van der Waals surface area (Å²) in [5, 5.41) is 2.52. The van der Waals surface area contributed by atoms with Gasteiger partial charge in [-0.15, -0.1) is 0 Å². The minimum Gasteiger partial charge on any atom is -0.309 e. The Balaban J connectivity index is 2.14. The smallest absolute Gasteiger partial charge is 0.309 e. The highest BCUT2D eigenvalue weighted by molar-refractivity contribution is 6.07. The number of imide groups is 1. The van der Waals surface area contributed by atoms with E-state index in [0.29, 0.717) is 12.5 Å². The van der Waals surface area contributed by atoms with Crippen LogP contribution >= 0.6 is 0 Å². The summed E-state index contributed by atoms with van der Waals surface area (Å²) >= 11 is 0. The lowest BCUT2D eigenvalue weighted by Crippen LogP contribution is -2.52. The largest absolute Gasteiger partial charge is 0.325 e. The first kappa shape index (κ1) is 13.4. The molecule has 3 amide bonds. The highest BCUT2D eigenvalue weighted by Gasteiger charge is 2.52. The molecule has 0 bridgehead atoms. The van der Waals surface area contributed by atoms with Crippen molar-refractivity contribution in [3.63, 3.8) is 0 Å². The fraction of sp³-hybridized carbons (Fsp3) is 0.857. The molecule has 1 spiro atoms. The molecule has 102 valence electrons. The Bertz CT molecular complexity index is 335. The molecule has 2 fully saturated rings. The number of amides is 3. The Kier molecular flexibility index (Phi) is 3.93. The molecule has 1 atom stereocenters. The second-order valence-corrected chi connectivity index (χ2v) is 5.86. The van der Waals surface area contributed by atoms with Crippen LogP contribution in [0.4, 0.5) is 4.79 Å². The van der Waals surface area contributed by atoms with Crippen LogP contribution in [0.25, 0.3) is 0 Å². The third-order valence-corrected chi connectivity index (χ3v) is 4.36. The van der Waals surface area contributed by atoms with Gasteiger partial charge in [0.2, 0.25) is 0 Å². The molecule has 1 aliphatic heterocycles. The number of nitrogens with zero attached hydrogens (tertiary/aromatic N) is 1. The topological polar surface area (TPSA) is 49.4 Å². The Morgan fingerprint density at radius 3 is 2.56 bits per heavy atom. The van der Waals surface area contributed by atoms with Crippen molar-refractivity contribution in [2.75, 3.05) is 6.54 Å². The van der Waals surface area contributed by atoms with Crippen LogP contribution in [0.5, 0.6) is 0 Å². The first-order valence-corrected chi connectivity index (χ1v) is 7.23. The fourth-order valence-corrected chi connectivity index (χ4v) is 3.38. The minimum atomic E-state index is -0.517. The zero-order valence-corrected chi connectivity index (χ0v) is 11.5. The lowest BCUT2D eigenvalue weighted by molar-refractivity contribution is -0.128. The molecule has 1 unspecified atom stereocenters. The Morgan fingerprint density at radius 1 is 1.28 bits per heavy atom. The van der Waals surface area contributed by atoms with E-state index in [0.717, 1.165) is 38.5 Å². The summed E-state index contributed by atoms with van der Waals surface area (Å²) in [6.07, 6.45) is 7.19. The van der Waals surface area contributed by atoms with Gasteiger partial charge >= 0.3 is 6.03 Å². The van der Waals surface area contributed by atoms with Crippen LogP contribution in [0.2, 0.25) is 0 Å². The third-order valence-electron chi connectivity index (χ3n) is 4.36. The number of nitrogens with one attached hydrogen (secondary N) is 1. The molecule has 2 aliphatic rings. The number of hydrogen-bond donors (Lipinski definition) is 1. The number of rotatable bonds is 4. The van der Waals surface area contributed by atoms with Crippen molar-refractivity contribution in [2.24, 2.45) is 5.92 Å². The van der Waals surface area contributed by atoms with Crippen molar-refractivity contribution in [3.05, 3.63) is 0 Å². The van der Waals surface area contributed by atoms with Crippen LogP contribution in [0.3, 0.4) is 0 Å². The Labute approximate surface area is 109 Å². The van der Waals surface area contributed by atoms with Gasteiger partial charge in [-0.05, 0) is 25.2 Å². The van der Waals surface area contributed by atoms with Crippen LogP contribution in [0, 0.1) is 5.92 Å². The second kappa shape index (κ2) is 5.29. The molecule has 1 N–H and O–H groups in total. The average molecular weight is 252 g/mol. The molecule has 0 aromatic carbocycles. The van der Waals surface area contributed by atoms with Gasteiger partial charge in [0, 0.05) is 6.54 Å². The maximum absolute atomic E-state index is 12.1. The normalized spacial score (nSPS) is 24.4. The maximum Gasteiger partial charge on any atom is 0.325 e. The molecule has 4 nitrogen and oxygen atoms in total. The second-order valence-electron chi connectivity index (χ2n) is 5.86. The summed E-state index contributed by atoms with van der Waals surface area (Å²) in [6.45, 7) is 5.03. The van der Waals surface area contributed by atoms with Gasteiger partial charge in [0.1, 0.15) is 5.54 Å². The van der Waals surface area contributed by atoms with E-state index >= 15 is 0 Å². The Hall–Kier alpha value is -1.06. The zero-order chi connectivity index (χ0) is 13.2. The van der Waals surface area contributed by atoms with Crippen molar-refractivity contribution in [3.8, 4) is 0 Å². The number of hydrogen-bond acceptors (Lipinski definition) is 2. The summed E-state index contributed by atoms with van der Waals surface area (Å²) in [4.78, 5) is 26.0. The van der Waals surface area contributed by atoms with E-state index < -0.39 is 5.54 Å². The van der Waals surface area contributed by atoms with Gasteiger partial charge in [0.05, 0.1) is 0 Å². The van der Waals surface area contributed by atoms with E-state index in [-0.39, 0.29) is 11.9 Å². The quantitative estimate of drug-likeness (QED) is 0.782. The van der Waals surface area contributed by atoms with Gasteiger partial charge in [0.25, 0.3) is 5.91 Å². The van der Waals surface area contributed by atoms with Gasteiger partial charge in [-0.25, -0.2) is 4.79 Å². The van der Waals surface area contributed by atoms with Crippen molar-refractivity contribution >= 4 is 11.9 Å². The van der Waals surface area contributed by atoms with E-state index in [1.165, 1.54) is 6.42 Å². The average Bonchev–Trinajstić information content (AvgIpc) is 2.56. The number of carbonyl (C=O) groups is 2. The molecule has 0 aromatic rings. The van der Waals surface area contributed by atoms with Crippen molar-refractivity contribution in [1.82, 2.24) is 10.2 Å². The number of carbonyl (C=O) groups excluding carboxylic acids is 2. The molecule has 0 radical (unpaired) electrons. The molecule has 1 saturated carbocycles. The van der Waals surface area contributed by atoms with E-state index in [4.69, 9.17) is 0 Å². The predicted octanol–water partition coefficient (Wildman–Crippen LogP) is 2.68. The van der Waals surface area contributed by atoms with E-state index in [9.17, 15) is 9.59 Å². The molecule has 0 aromatic heterocycles. The van der Waals surface area contributed by atoms with E-state index in [2.05, 4.69) is 19.2 Å². The molecule has 2 rings (SSSR count). The zero-order valence-electron chi connectivity index (χ0n) is 11.5. The van der Waals surface area contributed by atoms with Crippen molar-refractivity contribution in [1.29, 1.82) is 0 Å². The molecule has 1 heterocycles. The molecule has 18 heavy (non-hydrogen) atoms. The highest BCUT2D eigenvalue weighted by Crippen LogP contribution is 2.37. The summed E-state index contributed by atoms with van der Waals surface area (Å²) in [6, 6.07) is -0.176. The summed E-state index contributed by atoms with van der Waals surface area (Å²) in [7, 11) is 0. The third kappa shape index (κ3) is 2.25. The fourth-order valence-electron chi connectivity index (χ4n) is 3.38. The lowest BCUT2D eigenvalue weighted by atomic mass is 9.80. The predicted molar refractivity (Wildman–Crippen MR) is 70.1 cm³/mol. The first-order chi connectivity index (χ1) is 8.60. The van der Waals surface area contributed by atoms with Gasteiger partial charge < -0.3 is 4.90 Å². The van der Waals surface area contributed by atoms with Gasteiger partial charge in [0.15, 0.2) is 0 Å². The molecular formula is C14H24N2O2. The van der Waals surface area contributed by atoms with Crippen LogP contribution in [-0.2, 0) is 4.79 Å². The van der Waals surface area contributed by atoms with Crippen LogP contribution in [0.1, 0.15) is 58.8 Å². The SMILES string of the molecule is CCCC(C)CN1C(=O)NC(=O)C12CCCCC2. The van der Waals surface area contributed by atoms with Crippen molar-refractivity contribution < 1.29 is 9.59 Å². The first-order valence-electron chi connectivity index (χ1n) is 7.23. The van der Waals surface area contributed by atoms with Gasteiger partial charge in [-0.2, -0.15) is 0 Å². The summed E-state index contributed by atoms with van der Waals surface area (Å²) in [5.74, 6) is 0.404. The molecular weight excluding hydrogens is 228 g/mol. The molecule has 4 heteroatoms. The molecule has 1 aliphatic carbocycles. The summed E-state index contributed by atoms with van der Waals surface area (Å²) in [5.41, 5.74) is -0.517. The lowest BCUT2D eigenvalue weighted by Gasteiger charge is -2.39. The van der Waals surface area contributed by atoms with E-state index in [1.54, 1.807) is 0 Å². The van der Waals surface area contributed by atoms with E-state index in [1.807, 2.05) is 4.90 Å². The Morgan fingerprint density at radius 2 is 1.94 bits per heavy atom.